The Labute approximate surface area is 124 Å². The van der Waals surface area contributed by atoms with Crippen molar-refractivity contribution in [1.29, 1.82) is 0 Å². The van der Waals surface area contributed by atoms with Crippen molar-refractivity contribution in [3.05, 3.63) is 0 Å². The van der Waals surface area contributed by atoms with Crippen LogP contribution in [0.25, 0.3) is 0 Å². The number of anilines is 1. The molecule has 0 saturated carbocycles. The predicted molar refractivity (Wildman–Crippen MR) is 76.6 cm³/mol. The fourth-order valence-electron chi connectivity index (χ4n) is 2.36. The third-order valence-electron chi connectivity index (χ3n) is 3.74. The van der Waals surface area contributed by atoms with Gasteiger partial charge < -0.3 is 19.3 Å². The standard InChI is InChI=1S/C13H21N5O3/c1-9(19)17(2)10-5-7-18(8-6-10)11-14-12(20-3)16-13(15-11)21-4/h10H,5-8H2,1-4H3. The van der Waals surface area contributed by atoms with E-state index in [2.05, 4.69) is 19.9 Å². The summed E-state index contributed by atoms with van der Waals surface area (Å²) in [6.45, 7) is 3.14. The number of piperidine rings is 1. The molecule has 1 fully saturated rings. The number of hydrogen-bond acceptors (Lipinski definition) is 7. The van der Waals surface area contributed by atoms with E-state index in [0.29, 0.717) is 5.95 Å². The van der Waals surface area contributed by atoms with Crippen LogP contribution in [0.5, 0.6) is 12.0 Å². The van der Waals surface area contributed by atoms with Gasteiger partial charge in [-0.15, -0.1) is 4.98 Å². The summed E-state index contributed by atoms with van der Waals surface area (Å²) >= 11 is 0. The number of ether oxygens (including phenoxy) is 2. The molecular formula is C13H21N5O3. The lowest BCUT2D eigenvalue weighted by Crippen LogP contribution is -2.45. The summed E-state index contributed by atoms with van der Waals surface area (Å²) in [6.07, 6.45) is 1.76. The summed E-state index contributed by atoms with van der Waals surface area (Å²) in [5, 5.41) is 0. The molecule has 116 valence electrons. The van der Waals surface area contributed by atoms with Crippen LogP contribution in [-0.2, 0) is 4.79 Å². The Hall–Kier alpha value is -2.12. The van der Waals surface area contributed by atoms with Gasteiger partial charge in [0.15, 0.2) is 0 Å². The van der Waals surface area contributed by atoms with Gasteiger partial charge in [-0.05, 0) is 12.8 Å². The first-order valence-corrected chi connectivity index (χ1v) is 6.87. The highest BCUT2D eigenvalue weighted by Crippen LogP contribution is 2.22. The molecule has 0 atom stereocenters. The summed E-state index contributed by atoms with van der Waals surface area (Å²) in [5.41, 5.74) is 0. The first-order chi connectivity index (χ1) is 10.0. The lowest BCUT2D eigenvalue weighted by Gasteiger charge is -2.36. The third-order valence-corrected chi connectivity index (χ3v) is 3.74. The number of carbonyl (C=O) groups is 1. The quantitative estimate of drug-likeness (QED) is 0.792. The van der Waals surface area contributed by atoms with E-state index in [1.165, 1.54) is 14.2 Å². The molecule has 1 aliphatic rings. The van der Waals surface area contributed by atoms with Crippen LogP contribution in [0, 0.1) is 0 Å². The fraction of sp³-hybridized carbons (Fsp3) is 0.692. The van der Waals surface area contributed by atoms with Crippen LogP contribution in [0.2, 0.25) is 0 Å². The summed E-state index contributed by atoms with van der Waals surface area (Å²) in [6, 6.07) is 0.740. The number of methoxy groups -OCH3 is 2. The molecule has 2 rings (SSSR count). The maximum atomic E-state index is 11.4. The normalized spacial score (nSPS) is 15.7. The van der Waals surface area contributed by atoms with Crippen molar-refractivity contribution in [2.24, 2.45) is 0 Å². The van der Waals surface area contributed by atoms with Gasteiger partial charge in [0.25, 0.3) is 0 Å². The van der Waals surface area contributed by atoms with Crippen molar-refractivity contribution in [3.63, 3.8) is 0 Å². The number of rotatable bonds is 4. The van der Waals surface area contributed by atoms with Crippen LogP contribution in [0.4, 0.5) is 5.95 Å². The Morgan fingerprint density at radius 3 is 2.10 bits per heavy atom. The Morgan fingerprint density at radius 1 is 1.14 bits per heavy atom. The minimum absolute atomic E-state index is 0.0944. The molecule has 0 aromatic carbocycles. The smallest absolute Gasteiger partial charge is 0.324 e. The molecule has 0 N–H and O–H groups in total. The van der Waals surface area contributed by atoms with Gasteiger partial charge in [0, 0.05) is 33.1 Å². The molecule has 8 nitrogen and oxygen atoms in total. The lowest BCUT2D eigenvalue weighted by molar-refractivity contribution is -0.129. The van der Waals surface area contributed by atoms with Crippen LogP contribution < -0.4 is 14.4 Å². The zero-order valence-electron chi connectivity index (χ0n) is 12.9. The average molecular weight is 295 g/mol. The Balaban J connectivity index is 2.06. The SMILES string of the molecule is COc1nc(OC)nc(N2CCC(N(C)C(C)=O)CC2)n1. The molecule has 0 bridgehead atoms. The molecular weight excluding hydrogens is 274 g/mol. The Bertz CT molecular complexity index is 480. The molecule has 1 aromatic heterocycles. The van der Waals surface area contributed by atoms with Crippen molar-refractivity contribution in [1.82, 2.24) is 19.9 Å². The van der Waals surface area contributed by atoms with E-state index in [1.807, 2.05) is 7.05 Å². The summed E-state index contributed by atoms with van der Waals surface area (Å²) in [7, 11) is 4.86. The monoisotopic (exact) mass is 295 g/mol. The lowest BCUT2D eigenvalue weighted by atomic mass is 10.0. The van der Waals surface area contributed by atoms with E-state index in [-0.39, 0.29) is 24.0 Å². The second-order valence-electron chi connectivity index (χ2n) is 4.96. The van der Waals surface area contributed by atoms with Gasteiger partial charge in [-0.1, -0.05) is 0 Å². The van der Waals surface area contributed by atoms with E-state index >= 15 is 0 Å². The number of amides is 1. The Morgan fingerprint density at radius 2 is 1.67 bits per heavy atom. The zero-order chi connectivity index (χ0) is 15.4. The van der Waals surface area contributed by atoms with Crippen molar-refractivity contribution < 1.29 is 14.3 Å². The van der Waals surface area contributed by atoms with E-state index in [9.17, 15) is 4.79 Å². The van der Waals surface area contributed by atoms with Gasteiger partial charge in [-0.2, -0.15) is 9.97 Å². The van der Waals surface area contributed by atoms with Crippen LogP contribution in [-0.4, -0.2) is 66.2 Å². The molecule has 1 aromatic rings. The van der Waals surface area contributed by atoms with Crippen molar-refractivity contribution in [3.8, 4) is 12.0 Å². The van der Waals surface area contributed by atoms with Gasteiger partial charge in [0.2, 0.25) is 11.9 Å². The largest absolute Gasteiger partial charge is 0.467 e. The minimum Gasteiger partial charge on any atom is -0.467 e. The highest BCUT2D eigenvalue weighted by Gasteiger charge is 2.25. The van der Waals surface area contributed by atoms with Crippen molar-refractivity contribution >= 4 is 11.9 Å². The van der Waals surface area contributed by atoms with Gasteiger partial charge in [-0.3, -0.25) is 4.79 Å². The molecule has 0 aliphatic carbocycles. The summed E-state index contributed by atoms with van der Waals surface area (Å²) < 4.78 is 10.1. The van der Waals surface area contributed by atoms with Crippen molar-refractivity contribution in [2.45, 2.75) is 25.8 Å². The molecule has 1 aliphatic heterocycles. The van der Waals surface area contributed by atoms with E-state index in [4.69, 9.17) is 9.47 Å². The summed E-state index contributed by atoms with van der Waals surface area (Å²) in [4.78, 5) is 27.7. The molecule has 1 amide bonds. The topological polar surface area (TPSA) is 80.7 Å². The molecule has 2 heterocycles. The highest BCUT2D eigenvalue weighted by molar-refractivity contribution is 5.73. The molecule has 21 heavy (non-hydrogen) atoms. The van der Waals surface area contributed by atoms with Crippen LogP contribution >= 0.6 is 0 Å². The third kappa shape index (κ3) is 3.50. The predicted octanol–water partition coefficient (Wildman–Crippen LogP) is 0.336. The maximum absolute atomic E-state index is 11.4. The van der Waals surface area contributed by atoms with Crippen LogP contribution in [0.3, 0.4) is 0 Å². The van der Waals surface area contributed by atoms with E-state index < -0.39 is 0 Å². The van der Waals surface area contributed by atoms with Gasteiger partial charge >= 0.3 is 12.0 Å². The number of nitrogens with zero attached hydrogens (tertiary/aromatic N) is 5. The van der Waals surface area contributed by atoms with E-state index in [0.717, 1.165) is 25.9 Å². The van der Waals surface area contributed by atoms with E-state index in [1.54, 1.807) is 11.8 Å². The summed E-state index contributed by atoms with van der Waals surface area (Å²) in [5.74, 6) is 0.638. The molecule has 8 heteroatoms. The minimum atomic E-state index is 0.0944. The van der Waals surface area contributed by atoms with Crippen LogP contribution in [0.1, 0.15) is 19.8 Å². The first kappa shape index (κ1) is 15.3. The number of hydrogen-bond donors (Lipinski definition) is 0. The molecule has 0 unspecified atom stereocenters. The number of aromatic nitrogens is 3. The fourth-order valence-corrected chi connectivity index (χ4v) is 2.36. The molecule has 1 saturated heterocycles. The van der Waals surface area contributed by atoms with Crippen LogP contribution in [0.15, 0.2) is 0 Å². The molecule has 0 radical (unpaired) electrons. The van der Waals surface area contributed by atoms with Gasteiger partial charge in [0.1, 0.15) is 0 Å². The Kier molecular flexibility index (Phi) is 4.77. The maximum Gasteiger partial charge on any atom is 0.324 e. The van der Waals surface area contributed by atoms with Gasteiger partial charge in [-0.25, -0.2) is 0 Å². The van der Waals surface area contributed by atoms with Gasteiger partial charge in [0.05, 0.1) is 14.2 Å². The second-order valence-corrected chi connectivity index (χ2v) is 4.96. The molecule has 0 spiro atoms. The average Bonchev–Trinajstić information content (AvgIpc) is 2.53. The second kappa shape index (κ2) is 6.55. The first-order valence-electron chi connectivity index (χ1n) is 6.87. The number of carbonyl (C=O) groups excluding carboxylic acids is 1. The highest BCUT2D eigenvalue weighted by atomic mass is 16.5. The zero-order valence-corrected chi connectivity index (χ0v) is 12.9. The van der Waals surface area contributed by atoms with Crippen molar-refractivity contribution in [2.75, 3.05) is 39.3 Å².